The van der Waals surface area contributed by atoms with E-state index in [1.165, 1.54) is 5.56 Å². The van der Waals surface area contributed by atoms with Crippen molar-refractivity contribution >= 4 is 5.91 Å². The van der Waals surface area contributed by atoms with Gasteiger partial charge in [-0.3, -0.25) is 9.48 Å². The Labute approximate surface area is 160 Å². The maximum absolute atomic E-state index is 12.6. The molecular formula is C21H29N3O3. The highest BCUT2D eigenvalue weighted by atomic mass is 16.5. The monoisotopic (exact) mass is 371 g/mol. The molecule has 0 radical (unpaired) electrons. The lowest BCUT2D eigenvalue weighted by atomic mass is 9.93. The maximum atomic E-state index is 12.6. The van der Waals surface area contributed by atoms with Crippen molar-refractivity contribution in [3.63, 3.8) is 0 Å². The summed E-state index contributed by atoms with van der Waals surface area (Å²) in [6.07, 6.45) is 6.24. The molecule has 0 spiro atoms. The molecule has 1 amide bonds. The Bertz CT molecular complexity index is 802. The molecule has 0 bridgehead atoms. The second kappa shape index (κ2) is 8.13. The third-order valence-corrected chi connectivity index (χ3v) is 5.28. The number of nitrogens with zero attached hydrogens (tertiary/aromatic N) is 3. The van der Waals surface area contributed by atoms with Crippen molar-refractivity contribution in [2.45, 2.75) is 45.1 Å². The molecule has 6 nitrogen and oxygen atoms in total. The molecule has 146 valence electrons. The minimum absolute atomic E-state index is 0.0724. The summed E-state index contributed by atoms with van der Waals surface area (Å²) >= 11 is 0. The number of hydrogen-bond donors (Lipinski definition) is 1. The fraction of sp³-hybridized carbons (Fsp3) is 0.524. The Morgan fingerprint density at radius 1 is 1.33 bits per heavy atom. The number of piperidine rings is 1. The summed E-state index contributed by atoms with van der Waals surface area (Å²) in [4.78, 5) is 14.3. The maximum Gasteiger partial charge on any atom is 0.223 e. The fourth-order valence-corrected chi connectivity index (χ4v) is 3.47. The van der Waals surface area contributed by atoms with Gasteiger partial charge in [0.25, 0.3) is 0 Å². The molecule has 0 aliphatic carbocycles. The first-order valence-electron chi connectivity index (χ1n) is 9.52. The van der Waals surface area contributed by atoms with E-state index in [1.807, 2.05) is 38.4 Å². The fourth-order valence-electron chi connectivity index (χ4n) is 3.47. The Hall–Kier alpha value is -2.34. The number of ether oxygens (including phenoxy) is 1. The van der Waals surface area contributed by atoms with Crippen molar-refractivity contribution < 1.29 is 14.6 Å². The summed E-state index contributed by atoms with van der Waals surface area (Å²) < 4.78 is 7.59. The van der Waals surface area contributed by atoms with Gasteiger partial charge in [0.2, 0.25) is 5.91 Å². The normalized spacial score (nSPS) is 19.9. The molecule has 1 unspecified atom stereocenters. The molecule has 27 heavy (non-hydrogen) atoms. The predicted octanol–water partition coefficient (Wildman–Crippen LogP) is 2.40. The van der Waals surface area contributed by atoms with Crippen LogP contribution in [0.4, 0.5) is 0 Å². The topological polar surface area (TPSA) is 67.6 Å². The number of aliphatic hydroxyl groups is 1. The summed E-state index contributed by atoms with van der Waals surface area (Å²) in [6, 6.07) is 5.92. The number of aromatic nitrogens is 2. The molecule has 2 heterocycles. The molecule has 1 N–H and O–H groups in total. The van der Waals surface area contributed by atoms with E-state index in [0.29, 0.717) is 32.4 Å². The lowest BCUT2D eigenvalue weighted by Gasteiger charge is -2.39. The summed E-state index contributed by atoms with van der Waals surface area (Å²) in [5.41, 5.74) is 2.43. The average Bonchev–Trinajstić information content (AvgIpc) is 3.06. The number of aryl methyl sites for hydroxylation is 4. The van der Waals surface area contributed by atoms with Crippen molar-refractivity contribution in [2.24, 2.45) is 7.05 Å². The van der Waals surface area contributed by atoms with Crippen LogP contribution in [0.3, 0.4) is 0 Å². The Kier molecular flexibility index (Phi) is 5.85. The molecule has 0 saturated carbocycles. The highest BCUT2D eigenvalue weighted by Gasteiger charge is 2.36. The standard InChI is InChI=1S/C21H29N3O3/c1-16-5-7-19(11-17(16)2)27-15-21(26)9-4-10-24(14-21)20(25)8-6-18-12-22-23(3)13-18/h5,7,11-13,26H,4,6,8-10,14-15H2,1-3H3. The zero-order chi connectivity index (χ0) is 19.4. The third kappa shape index (κ3) is 5.10. The van der Waals surface area contributed by atoms with Crippen molar-refractivity contribution in [2.75, 3.05) is 19.7 Å². The van der Waals surface area contributed by atoms with E-state index in [-0.39, 0.29) is 12.5 Å². The predicted molar refractivity (Wildman–Crippen MR) is 104 cm³/mol. The largest absolute Gasteiger partial charge is 0.491 e. The molecule has 1 fully saturated rings. The lowest BCUT2D eigenvalue weighted by Crippen LogP contribution is -2.53. The Morgan fingerprint density at radius 3 is 2.85 bits per heavy atom. The second-order valence-corrected chi connectivity index (χ2v) is 7.70. The third-order valence-electron chi connectivity index (χ3n) is 5.28. The zero-order valence-electron chi connectivity index (χ0n) is 16.4. The van der Waals surface area contributed by atoms with Crippen LogP contribution < -0.4 is 4.74 Å². The van der Waals surface area contributed by atoms with E-state index in [0.717, 1.165) is 23.3 Å². The molecule has 1 aliphatic heterocycles. The van der Waals surface area contributed by atoms with Crippen LogP contribution in [0.5, 0.6) is 5.75 Å². The van der Waals surface area contributed by atoms with E-state index < -0.39 is 5.60 Å². The summed E-state index contributed by atoms with van der Waals surface area (Å²) in [5, 5.41) is 15.1. The van der Waals surface area contributed by atoms with Crippen molar-refractivity contribution in [1.82, 2.24) is 14.7 Å². The van der Waals surface area contributed by atoms with Crippen LogP contribution in [-0.4, -0.2) is 51.0 Å². The van der Waals surface area contributed by atoms with E-state index in [4.69, 9.17) is 4.74 Å². The van der Waals surface area contributed by atoms with Crippen molar-refractivity contribution in [3.05, 3.63) is 47.3 Å². The highest BCUT2D eigenvalue weighted by Crippen LogP contribution is 2.24. The van der Waals surface area contributed by atoms with E-state index in [1.54, 1.807) is 15.8 Å². The van der Waals surface area contributed by atoms with Gasteiger partial charge < -0.3 is 14.7 Å². The lowest BCUT2D eigenvalue weighted by molar-refractivity contribution is -0.140. The number of carbonyl (C=O) groups is 1. The Morgan fingerprint density at radius 2 is 2.15 bits per heavy atom. The minimum atomic E-state index is -0.999. The summed E-state index contributed by atoms with van der Waals surface area (Å²) in [6.45, 7) is 5.31. The van der Waals surface area contributed by atoms with Gasteiger partial charge in [-0.25, -0.2) is 0 Å². The number of carbonyl (C=O) groups excluding carboxylic acids is 1. The molecule has 1 atom stereocenters. The van der Waals surface area contributed by atoms with Crippen LogP contribution in [-0.2, 0) is 18.3 Å². The summed E-state index contributed by atoms with van der Waals surface area (Å²) in [7, 11) is 1.87. The molecule has 2 aromatic rings. The zero-order valence-corrected chi connectivity index (χ0v) is 16.4. The number of hydrogen-bond acceptors (Lipinski definition) is 4. The van der Waals surface area contributed by atoms with E-state index >= 15 is 0 Å². The molecule has 1 aromatic heterocycles. The van der Waals surface area contributed by atoms with Gasteiger partial charge in [-0.1, -0.05) is 6.07 Å². The minimum Gasteiger partial charge on any atom is -0.491 e. The van der Waals surface area contributed by atoms with Gasteiger partial charge in [0, 0.05) is 26.2 Å². The molecule has 1 aliphatic rings. The Balaban J connectivity index is 1.53. The van der Waals surface area contributed by atoms with Gasteiger partial charge in [-0.15, -0.1) is 0 Å². The van der Waals surface area contributed by atoms with Crippen LogP contribution in [0.1, 0.15) is 36.0 Å². The van der Waals surface area contributed by atoms with Gasteiger partial charge >= 0.3 is 0 Å². The van der Waals surface area contributed by atoms with Crippen LogP contribution in [0.15, 0.2) is 30.6 Å². The number of amides is 1. The molecule has 6 heteroatoms. The first-order chi connectivity index (χ1) is 12.8. The van der Waals surface area contributed by atoms with Crippen LogP contribution >= 0.6 is 0 Å². The number of benzene rings is 1. The van der Waals surface area contributed by atoms with Crippen LogP contribution in [0.2, 0.25) is 0 Å². The average molecular weight is 371 g/mol. The highest BCUT2D eigenvalue weighted by molar-refractivity contribution is 5.76. The van der Waals surface area contributed by atoms with Crippen LogP contribution in [0.25, 0.3) is 0 Å². The smallest absolute Gasteiger partial charge is 0.223 e. The second-order valence-electron chi connectivity index (χ2n) is 7.70. The molecule has 3 rings (SSSR count). The first-order valence-corrected chi connectivity index (χ1v) is 9.52. The quantitative estimate of drug-likeness (QED) is 0.847. The van der Waals surface area contributed by atoms with Gasteiger partial charge in [0.1, 0.15) is 18.0 Å². The number of β-amino-alcohol motifs (C(OH)–C–C–N with tert-alkyl or cyclic N) is 1. The van der Waals surface area contributed by atoms with Gasteiger partial charge in [-0.05, 0) is 61.9 Å². The SMILES string of the molecule is Cc1ccc(OCC2(O)CCCN(C(=O)CCc3cnn(C)c3)C2)cc1C. The van der Waals surface area contributed by atoms with Crippen molar-refractivity contribution in [1.29, 1.82) is 0 Å². The summed E-state index contributed by atoms with van der Waals surface area (Å²) in [5.74, 6) is 0.828. The van der Waals surface area contributed by atoms with Gasteiger partial charge in [-0.2, -0.15) is 5.10 Å². The molecular weight excluding hydrogens is 342 g/mol. The van der Waals surface area contributed by atoms with E-state index in [2.05, 4.69) is 12.0 Å². The van der Waals surface area contributed by atoms with Gasteiger partial charge in [0.15, 0.2) is 0 Å². The number of likely N-dealkylation sites (tertiary alicyclic amines) is 1. The number of rotatable bonds is 6. The van der Waals surface area contributed by atoms with Crippen molar-refractivity contribution in [3.8, 4) is 5.75 Å². The molecule has 1 saturated heterocycles. The van der Waals surface area contributed by atoms with Gasteiger partial charge in [0.05, 0.1) is 12.7 Å². The van der Waals surface area contributed by atoms with E-state index in [9.17, 15) is 9.90 Å². The van der Waals surface area contributed by atoms with Crippen LogP contribution in [0, 0.1) is 13.8 Å². The molecule has 1 aromatic carbocycles. The first kappa shape index (κ1) is 19.4.